The van der Waals surface area contributed by atoms with Gasteiger partial charge in [0.1, 0.15) is 17.2 Å². The number of ether oxygens (including phenoxy) is 2. The first-order valence-electron chi connectivity index (χ1n) is 9.42. The molecule has 0 bridgehead atoms. The number of carbonyl (C=O) groups is 1. The van der Waals surface area contributed by atoms with Gasteiger partial charge in [-0.15, -0.1) is 0 Å². The zero-order valence-corrected chi connectivity index (χ0v) is 16.2. The van der Waals surface area contributed by atoms with Crippen molar-refractivity contribution >= 4 is 17.3 Å². The van der Waals surface area contributed by atoms with E-state index in [0.29, 0.717) is 17.5 Å². The highest BCUT2D eigenvalue weighted by atomic mass is 16.5. The number of nitrogens with zero attached hydrogens (tertiary/aromatic N) is 2. The van der Waals surface area contributed by atoms with E-state index in [-0.39, 0.29) is 5.91 Å². The molecule has 1 aromatic heterocycles. The van der Waals surface area contributed by atoms with E-state index in [4.69, 9.17) is 9.47 Å². The maximum atomic E-state index is 13.0. The molecule has 6 heteroatoms. The van der Waals surface area contributed by atoms with Gasteiger partial charge in [0.25, 0.3) is 5.91 Å². The van der Waals surface area contributed by atoms with Crippen LogP contribution in [0, 0.1) is 0 Å². The Hall–Kier alpha value is -2.76. The molecule has 1 aliphatic heterocycles. The maximum Gasteiger partial charge on any atom is 0.272 e. The number of carbonyl (C=O) groups excluding carboxylic acids is 1. The number of benzene rings is 1. The van der Waals surface area contributed by atoms with Gasteiger partial charge in [0, 0.05) is 30.5 Å². The van der Waals surface area contributed by atoms with Gasteiger partial charge in [-0.1, -0.05) is 6.92 Å². The van der Waals surface area contributed by atoms with Crippen LogP contribution < -0.4 is 14.8 Å². The fourth-order valence-corrected chi connectivity index (χ4v) is 3.52. The van der Waals surface area contributed by atoms with E-state index >= 15 is 0 Å². The molecule has 0 aliphatic carbocycles. The second kappa shape index (κ2) is 8.75. The number of piperidine rings is 1. The zero-order chi connectivity index (χ0) is 19.2. The molecule has 1 amide bonds. The van der Waals surface area contributed by atoms with Crippen molar-refractivity contribution in [1.82, 2.24) is 9.88 Å². The van der Waals surface area contributed by atoms with Crippen molar-refractivity contribution in [3.63, 3.8) is 0 Å². The molecular formula is C21H27N3O3. The molecule has 144 valence electrons. The predicted molar refractivity (Wildman–Crippen MR) is 106 cm³/mol. The van der Waals surface area contributed by atoms with Crippen molar-refractivity contribution in [1.29, 1.82) is 0 Å². The van der Waals surface area contributed by atoms with Crippen LogP contribution in [0.5, 0.6) is 11.5 Å². The summed E-state index contributed by atoms with van der Waals surface area (Å²) < 4.78 is 10.7. The number of anilines is 2. The first-order chi connectivity index (χ1) is 13.2. The van der Waals surface area contributed by atoms with Crippen molar-refractivity contribution < 1.29 is 14.3 Å². The third-order valence-corrected chi connectivity index (χ3v) is 5.03. The molecule has 0 saturated carbocycles. The minimum absolute atomic E-state index is 0.00639. The van der Waals surface area contributed by atoms with Gasteiger partial charge in [-0.2, -0.15) is 0 Å². The number of nitrogens with one attached hydrogen (secondary N) is 1. The lowest BCUT2D eigenvalue weighted by Crippen LogP contribution is -2.43. The molecule has 2 heterocycles. The average molecular weight is 369 g/mol. The number of aromatic nitrogens is 1. The Morgan fingerprint density at radius 1 is 1.22 bits per heavy atom. The van der Waals surface area contributed by atoms with E-state index < -0.39 is 0 Å². The second-order valence-corrected chi connectivity index (χ2v) is 6.68. The van der Waals surface area contributed by atoms with Gasteiger partial charge in [0.05, 0.1) is 19.9 Å². The summed E-state index contributed by atoms with van der Waals surface area (Å²) in [4.78, 5) is 19.3. The average Bonchev–Trinajstić information content (AvgIpc) is 2.73. The highest BCUT2D eigenvalue weighted by Gasteiger charge is 2.27. The van der Waals surface area contributed by atoms with Crippen LogP contribution in [0.15, 0.2) is 36.5 Å². The van der Waals surface area contributed by atoms with Gasteiger partial charge in [0.15, 0.2) is 0 Å². The van der Waals surface area contributed by atoms with Crippen molar-refractivity contribution in [3.8, 4) is 11.5 Å². The van der Waals surface area contributed by atoms with E-state index in [9.17, 15) is 4.79 Å². The molecule has 1 saturated heterocycles. The van der Waals surface area contributed by atoms with Crippen LogP contribution >= 0.6 is 0 Å². The molecule has 27 heavy (non-hydrogen) atoms. The SMILES string of the molecule is CCC1CCCCN1C(=O)c1cc(Nc2ccc(OC)cc2OC)ccn1. The lowest BCUT2D eigenvalue weighted by molar-refractivity contribution is 0.0602. The Labute approximate surface area is 160 Å². The summed E-state index contributed by atoms with van der Waals surface area (Å²) in [5, 5.41) is 3.31. The Morgan fingerprint density at radius 2 is 2.07 bits per heavy atom. The fraction of sp³-hybridized carbons (Fsp3) is 0.429. The van der Waals surface area contributed by atoms with Gasteiger partial charge in [-0.3, -0.25) is 9.78 Å². The highest BCUT2D eigenvalue weighted by molar-refractivity contribution is 5.93. The number of hydrogen-bond acceptors (Lipinski definition) is 5. The number of pyridine rings is 1. The molecule has 2 aromatic rings. The van der Waals surface area contributed by atoms with Gasteiger partial charge in [-0.05, 0) is 49.9 Å². The van der Waals surface area contributed by atoms with Crippen molar-refractivity contribution in [3.05, 3.63) is 42.2 Å². The molecule has 1 N–H and O–H groups in total. The maximum absolute atomic E-state index is 13.0. The standard InChI is InChI=1S/C21H27N3O3/c1-4-16-7-5-6-12-24(16)21(25)19-13-15(10-11-22-19)23-18-9-8-17(26-2)14-20(18)27-3/h8-11,13-14,16H,4-7,12H2,1-3H3,(H,22,23). The Balaban J connectivity index is 1.80. The van der Waals surface area contributed by atoms with Crippen LogP contribution in [0.4, 0.5) is 11.4 Å². The summed E-state index contributed by atoms with van der Waals surface area (Å²) in [5.74, 6) is 1.40. The van der Waals surface area contributed by atoms with Crippen LogP contribution in [0.3, 0.4) is 0 Å². The lowest BCUT2D eigenvalue weighted by Gasteiger charge is -2.35. The molecule has 1 fully saturated rings. The van der Waals surface area contributed by atoms with Crippen LogP contribution in [0.1, 0.15) is 43.1 Å². The number of amides is 1. The third-order valence-electron chi connectivity index (χ3n) is 5.03. The Morgan fingerprint density at radius 3 is 2.81 bits per heavy atom. The van der Waals surface area contributed by atoms with E-state index in [1.165, 1.54) is 6.42 Å². The van der Waals surface area contributed by atoms with Crippen LogP contribution in [-0.2, 0) is 0 Å². The molecular weight excluding hydrogens is 342 g/mol. The highest BCUT2D eigenvalue weighted by Crippen LogP contribution is 2.31. The third kappa shape index (κ3) is 4.32. The van der Waals surface area contributed by atoms with Crippen LogP contribution in [-0.4, -0.2) is 42.6 Å². The largest absolute Gasteiger partial charge is 0.497 e. The van der Waals surface area contributed by atoms with Gasteiger partial charge >= 0.3 is 0 Å². The topological polar surface area (TPSA) is 63.7 Å². The number of hydrogen-bond donors (Lipinski definition) is 1. The minimum Gasteiger partial charge on any atom is -0.497 e. The summed E-state index contributed by atoms with van der Waals surface area (Å²) in [7, 11) is 3.23. The van der Waals surface area contributed by atoms with Crippen molar-refractivity contribution in [2.24, 2.45) is 0 Å². The molecule has 1 aliphatic rings. The van der Waals surface area contributed by atoms with E-state index in [0.717, 1.165) is 42.9 Å². The van der Waals surface area contributed by atoms with Crippen molar-refractivity contribution in [2.45, 2.75) is 38.6 Å². The van der Waals surface area contributed by atoms with Gasteiger partial charge in [0.2, 0.25) is 0 Å². The monoisotopic (exact) mass is 369 g/mol. The lowest BCUT2D eigenvalue weighted by atomic mass is 9.99. The first-order valence-corrected chi connectivity index (χ1v) is 9.42. The Bertz CT molecular complexity index is 794. The van der Waals surface area contributed by atoms with Crippen LogP contribution in [0.25, 0.3) is 0 Å². The van der Waals surface area contributed by atoms with Crippen molar-refractivity contribution in [2.75, 3.05) is 26.1 Å². The normalized spacial score (nSPS) is 16.7. The minimum atomic E-state index is 0.00639. The van der Waals surface area contributed by atoms with E-state index in [1.807, 2.05) is 29.2 Å². The molecule has 3 rings (SSSR count). The number of rotatable bonds is 6. The second-order valence-electron chi connectivity index (χ2n) is 6.68. The number of likely N-dealkylation sites (tertiary alicyclic amines) is 1. The van der Waals surface area contributed by atoms with Gasteiger partial charge in [-0.25, -0.2) is 0 Å². The quantitative estimate of drug-likeness (QED) is 0.825. The summed E-state index contributed by atoms with van der Waals surface area (Å²) in [6.45, 7) is 2.95. The molecule has 1 aromatic carbocycles. The fourth-order valence-electron chi connectivity index (χ4n) is 3.52. The summed E-state index contributed by atoms with van der Waals surface area (Å²) in [5.41, 5.74) is 2.06. The zero-order valence-electron chi connectivity index (χ0n) is 16.2. The summed E-state index contributed by atoms with van der Waals surface area (Å²) >= 11 is 0. The van der Waals surface area contributed by atoms with E-state index in [2.05, 4.69) is 17.2 Å². The molecule has 6 nitrogen and oxygen atoms in total. The Kier molecular flexibility index (Phi) is 6.16. The molecule has 1 atom stereocenters. The molecule has 0 spiro atoms. The van der Waals surface area contributed by atoms with E-state index in [1.54, 1.807) is 26.5 Å². The predicted octanol–water partition coefficient (Wildman–Crippen LogP) is 4.25. The summed E-state index contributed by atoms with van der Waals surface area (Å²) in [6, 6.07) is 9.51. The molecule has 0 radical (unpaired) electrons. The summed E-state index contributed by atoms with van der Waals surface area (Å²) in [6.07, 6.45) is 5.96. The van der Waals surface area contributed by atoms with Crippen LogP contribution in [0.2, 0.25) is 0 Å². The number of methoxy groups -OCH3 is 2. The molecule has 1 unspecified atom stereocenters. The van der Waals surface area contributed by atoms with Gasteiger partial charge < -0.3 is 19.7 Å². The first kappa shape index (κ1) is 19.0. The smallest absolute Gasteiger partial charge is 0.272 e.